The molecule has 0 aliphatic heterocycles. The van der Waals surface area contributed by atoms with Gasteiger partial charge < -0.3 is 14.6 Å². The lowest BCUT2D eigenvalue weighted by molar-refractivity contribution is -0.112. The molecule has 1 rings (SSSR count). The van der Waals surface area contributed by atoms with Crippen molar-refractivity contribution in [3.05, 3.63) is 35.9 Å². The van der Waals surface area contributed by atoms with Gasteiger partial charge in [-0.15, -0.1) is 0 Å². The van der Waals surface area contributed by atoms with Gasteiger partial charge in [0.2, 0.25) is 0 Å². The molecule has 0 spiro atoms. The Morgan fingerprint density at radius 3 is 2.30 bits per heavy atom. The van der Waals surface area contributed by atoms with Crippen molar-refractivity contribution < 1.29 is 4.79 Å². The van der Waals surface area contributed by atoms with Crippen LogP contribution in [0.1, 0.15) is 25.8 Å². The smallest absolute Gasteiger partial charge is 0.131 e. The van der Waals surface area contributed by atoms with Gasteiger partial charge in [-0.3, -0.25) is 0 Å². The summed E-state index contributed by atoms with van der Waals surface area (Å²) in [6.45, 7) is 8.06. The van der Waals surface area contributed by atoms with Crippen LogP contribution in [0.4, 0.5) is 0 Å². The number of aldehydes is 1. The van der Waals surface area contributed by atoms with Crippen molar-refractivity contribution in [2.75, 3.05) is 40.3 Å². The van der Waals surface area contributed by atoms with Crippen LogP contribution < -0.4 is 0 Å². The minimum Gasteiger partial charge on any atom is -0.309 e. The molecular formula is C17H28N2O. The highest BCUT2D eigenvalue weighted by Crippen LogP contribution is 2.22. The molecule has 3 heteroatoms. The Hall–Kier alpha value is -1.19. The first-order valence-electron chi connectivity index (χ1n) is 7.41. The van der Waals surface area contributed by atoms with E-state index in [4.69, 9.17) is 0 Å². The number of hydrogen-bond acceptors (Lipinski definition) is 3. The fraction of sp³-hybridized carbons (Fsp3) is 0.588. The van der Waals surface area contributed by atoms with Gasteiger partial charge in [-0.2, -0.15) is 0 Å². The monoisotopic (exact) mass is 276 g/mol. The highest BCUT2D eigenvalue weighted by Gasteiger charge is 2.28. The second-order valence-electron chi connectivity index (χ2n) is 5.93. The summed E-state index contributed by atoms with van der Waals surface area (Å²) in [5, 5.41) is 0. The van der Waals surface area contributed by atoms with E-state index in [-0.39, 0.29) is 0 Å². The second-order valence-corrected chi connectivity index (χ2v) is 5.93. The Labute approximate surface area is 123 Å². The van der Waals surface area contributed by atoms with Gasteiger partial charge in [0, 0.05) is 6.54 Å². The van der Waals surface area contributed by atoms with E-state index in [0.717, 1.165) is 44.4 Å². The second kappa shape index (κ2) is 8.18. The third-order valence-electron chi connectivity index (χ3n) is 3.77. The topological polar surface area (TPSA) is 23.6 Å². The minimum absolute atomic E-state index is 0.421. The van der Waals surface area contributed by atoms with E-state index in [0.29, 0.717) is 0 Å². The van der Waals surface area contributed by atoms with Gasteiger partial charge in [0.15, 0.2) is 0 Å². The molecule has 20 heavy (non-hydrogen) atoms. The van der Waals surface area contributed by atoms with Crippen molar-refractivity contribution >= 4 is 6.29 Å². The zero-order valence-corrected chi connectivity index (χ0v) is 13.3. The maximum Gasteiger partial charge on any atom is 0.131 e. The molecule has 0 aliphatic carbocycles. The van der Waals surface area contributed by atoms with E-state index in [9.17, 15) is 4.79 Å². The third kappa shape index (κ3) is 5.06. The lowest BCUT2D eigenvalue weighted by atomic mass is 9.83. The molecule has 1 aromatic carbocycles. The van der Waals surface area contributed by atoms with Crippen LogP contribution in [-0.4, -0.2) is 56.4 Å². The molecule has 0 radical (unpaired) electrons. The summed E-state index contributed by atoms with van der Waals surface area (Å²) in [7, 11) is 4.19. The minimum atomic E-state index is -0.421. The molecule has 0 aliphatic rings. The van der Waals surface area contributed by atoms with Crippen molar-refractivity contribution in [2.24, 2.45) is 0 Å². The van der Waals surface area contributed by atoms with Gasteiger partial charge >= 0.3 is 0 Å². The van der Waals surface area contributed by atoms with Crippen LogP contribution in [0.3, 0.4) is 0 Å². The van der Waals surface area contributed by atoms with Crippen molar-refractivity contribution in [2.45, 2.75) is 25.7 Å². The zero-order valence-electron chi connectivity index (χ0n) is 13.3. The normalized spacial score (nSPS) is 14.5. The first-order valence-corrected chi connectivity index (χ1v) is 7.41. The standard InChI is InChI=1S/C17H28N2O/c1-5-19(13-9-12-18(3)4)14-17(2,15-20)16-10-7-6-8-11-16/h6-8,10-11,15H,5,9,12-14H2,1-4H3. The van der Waals surface area contributed by atoms with Crippen molar-refractivity contribution in [3.63, 3.8) is 0 Å². The maximum atomic E-state index is 11.6. The lowest BCUT2D eigenvalue weighted by Crippen LogP contribution is -2.41. The summed E-state index contributed by atoms with van der Waals surface area (Å²) in [5.41, 5.74) is 0.677. The third-order valence-corrected chi connectivity index (χ3v) is 3.77. The van der Waals surface area contributed by atoms with Gasteiger partial charge in [-0.25, -0.2) is 0 Å². The van der Waals surface area contributed by atoms with Crippen molar-refractivity contribution in [3.8, 4) is 0 Å². The molecule has 0 fully saturated rings. The summed E-state index contributed by atoms with van der Waals surface area (Å²) >= 11 is 0. The molecule has 0 amide bonds. The largest absolute Gasteiger partial charge is 0.309 e. The van der Waals surface area contributed by atoms with E-state index in [2.05, 4.69) is 30.8 Å². The predicted octanol–water partition coefficient (Wildman–Crippen LogP) is 2.42. The van der Waals surface area contributed by atoms with E-state index in [1.807, 2.05) is 37.3 Å². The fourth-order valence-electron chi connectivity index (χ4n) is 2.44. The Morgan fingerprint density at radius 2 is 1.80 bits per heavy atom. The van der Waals surface area contributed by atoms with Crippen LogP contribution in [0.25, 0.3) is 0 Å². The van der Waals surface area contributed by atoms with Crippen LogP contribution in [0.5, 0.6) is 0 Å². The Bertz CT molecular complexity index is 391. The van der Waals surface area contributed by atoms with E-state index < -0.39 is 5.41 Å². The molecule has 0 heterocycles. The van der Waals surface area contributed by atoms with Crippen LogP contribution in [0, 0.1) is 0 Å². The quantitative estimate of drug-likeness (QED) is 0.647. The van der Waals surface area contributed by atoms with Gasteiger partial charge in [0.25, 0.3) is 0 Å². The van der Waals surface area contributed by atoms with Gasteiger partial charge in [-0.1, -0.05) is 37.3 Å². The van der Waals surface area contributed by atoms with Crippen molar-refractivity contribution in [1.82, 2.24) is 9.80 Å². The number of rotatable bonds is 9. The molecule has 0 bridgehead atoms. The number of carbonyl (C=O) groups is 1. The van der Waals surface area contributed by atoms with E-state index in [1.54, 1.807) is 0 Å². The fourth-order valence-corrected chi connectivity index (χ4v) is 2.44. The number of benzene rings is 1. The lowest BCUT2D eigenvalue weighted by Gasteiger charge is -2.31. The van der Waals surface area contributed by atoms with Crippen LogP contribution in [-0.2, 0) is 10.2 Å². The molecule has 3 nitrogen and oxygen atoms in total. The van der Waals surface area contributed by atoms with Crippen LogP contribution in [0.15, 0.2) is 30.3 Å². The summed E-state index contributed by atoms with van der Waals surface area (Å²) < 4.78 is 0. The molecule has 0 saturated carbocycles. The summed E-state index contributed by atoms with van der Waals surface area (Å²) in [5.74, 6) is 0. The van der Waals surface area contributed by atoms with Crippen LogP contribution in [0.2, 0.25) is 0 Å². The maximum absolute atomic E-state index is 11.6. The van der Waals surface area contributed by atoms with Gasteiger partial charge in [0.05, 0.1) is 5.41 Å². The molecule has 1 atom stereocenters. The van der Waals surface area contributed by atoms with Crippen molar-refractivity contribution in [1.29, 1.82) is 0 Å². The number of likely N-dealkylation sites (N-methyl/N-ethyl adjacent to an activating group) is 1. The molecule has 1 unspecified atom stereocenters. The highest BCUT2D eigenvalue weighted by molar-refractivity contribution is 5.68. The molecule has 0 saturated heterocycles. The SMILES string of the molecule is CCN(CCCN(C)C)CC(C)(C=O)c1ccccc1. The zero-order chi connectivity index (χ0) is 15.0. The molecule has 112 valence electrons. The number of carbonyl (C=O) groups excluding carboxylic acids is 1. The summed E-state index contributed by atoms with van der Waals surface area (Å²) in [4.78, 5) is 16.2. The molecule has 1 aromatic rings. The van der Waals surface area contributed by atoms with Gasteiger partial charge in [0.1, 0.15) is 6.29 Å². The first-order chi connectivity index (χ1) is 9.51. The number of nitrogens with zero attached hydrogens (tertiary/aromatic N) is 2. The number of hydrogen-bond donors (Lipinski definition) is 0. The van der Waals surface area contributed by atoms with Crippen LogP contribution >= 0.6 is 0 Å². The molecule has 0 N–H and O–H groups in total. The highest BCUT2D eigenvalue weighted by atomic mass is 16.1. The average Bonchev–Trinajstić information content (AvgIpc) is 2.46. The van der Waals surface area contributed by atoms with E-state index >= 15 is 0 Å². The Kier molecular flexibility index (Phi) is 6.89. The van der Waals surface area contributed by atoms with E-state index in [1.165, 1.54) is 0 Å². The molecule has 0 aromatic heterocycles. The summed E-state index contributed by atoms with van der Waals surface area (Å²) in [6.07, 6.45) is 2.22. The Morgan fingerprint density at radius 1 is 1.15 bits per heavy atom. The summed E-state index contributed by atoms with van der Waals surface area (Å²) in [6, 6.07) is 10.1. The predicted molar refractivity (Wildman–Crippen MR) is 85.1 cm³/mol. The average molecular weight is 276 g/mol. The Balaban J connectivity index is 2.67. The first kappa shape index (κ1) is 16.9. The molecular weight excluding hydrogens is 248 g/mol. The van der Waals surface area contributed by atoms with Gasteiger partial charge in [-0.05, 0) is 52.6 Å².